The smallest absolute Gasteiger partial charge is 0.162 e. The Morgan fingerprint density at radius 1 is 1.04 bits per heavy atom. The number of hydrogen-bond acceptors (Lipinski definition) is 3. The fourth-order valence-electron chi connectivity index (χ4n) is 2.57. The van der Waals surface area contributed by atoms with Crippen molar-refractivity contribution in [2.24, 2.45) is 0 Å². The van der Waals surface area contributed by atoms with Gasteiger partial charge in [0.2, 0.25) is 0 Å². The second-order valence-corrected chi connectivity index (χ2v) is 8.12. The van der Waals surface area contributed by atoms with E-state index in [-0.39, 0.29) is 6.61 Å². The normalized spacial score (nSPS) is 10.6. The molecule has 0 amide bonds. The largest absolute Gasteiger partial charge is 0.493 e. The lowest BCUT2D eigenvalue weighted by molar-refractivity contribution is 0.279. The molecule has 146 valence electrons. The Kier molecular flexibility index (Phi) is 7.21. The molecular formula is C21H17Br2ClFNO2. The van der Waals surface area contributed by atoms with Crippen molar-refractivity contribution in [2.75, 3.05) is 12.4 Å². The van der Waals surface area contributed by atoms with Crippen LogP contribution in [0.5, 0.6) is 11.5 Å². The van der Waals surface area contributed by atoms with E-state index in [4.69, 9.17) is 21.1 Å². The molecule has 7 heteroatoms. The van der Waals surface area contributed by atoms with Crippen molar-refractivity contribution >= 4 is 49.1 Å². The maximum absolute atomic E-state index is 13.9. The van der Waals surface area contributed by atoms with Gasteiger partial charge >= 0.3 is 0 Å². The molecule has 0 aliphatic heterocycles. The number of anilines is 1. The van der Waals surface area contributed by atoms with Crippen LogP contribution in [0, 0.1) is 5.82 Å². The van der Waals surface area contributed by atoms with Crippen LogP contribution in [0.2, 0.25) is 5.02 Å². The lowest BCUT2D eigenvalue weighted by atomic mass is 10.2. The maximum Gasteiger partial charge on any atom is 0.162 e. The summed E-state index contributed by atoms with van der Waals surface area (Å²) >= 11 is 13.1. The van der Waals surface area contributed by atoms with E-state index in [2.05, 4.69) is 37.2 Å². The summed E-state index contributed by atoms with van der Waals surface area (Å²) in [5.74, 6) is 0.658. The molecule has 28 heavy (non-hydrogen) atoms. The average molecular weight is 530 g/mol. The number of nitrogens with one attached hydrogen (secondary N) is 1. The lowest BCUT2D eigenvalue weighted by Crippen LogP contribution is -2.04. The number of methoxy groups -OCH3 is 1. The second-order valence-electron chi connectivity index (χ2n) is 5.94. The van der Waals surface area contributed by atoms with Gasteiger partial charge in [-0.15, -0.1) is 0 Å². The SMILES string of the molecule is COc1cc(CNc2ccc(Br)cc2)c(Br)cc1OCc1c(F)cccc1Cl. The van der Waals surface area contributed by atoms with Gasteiger partial charge in [-0.05, 0) is 54.1 Å². The summed E-state index contributed by atoms with van der Waals surface area (Å²) < 4.78 is 27.1. The lowest BCUT2D eigenvalue weighted by Gasteiger charge is -2.15. The first-order valence-corrected chi connectivity index (χ1v) is 10.4. The Morgan fingerprint density at radius 3 is 2.46 bits per heavy atom. The minimum absolute atomic E-state index is 0.00476. The van der Waals surface area contributed by atoms with E-state index < -0.39 is 5.82 Å². The number of rotatable bonds is 7. The van der Waals surface area contributed by atoms with Gasteiger partial charge in [-0.3, -0.25) is 0 Å². The van der Waals surface area contributed by atoms with Crippen molar-refractivity contribution in [1.82, 2.24) is 0 Å². The molecule has 0 fully saturated rings. The summed E-state index contributed by atoms with van der Waals surface area (Å²) in [6.45, 7) is 0.600. The van der Waals surface area contributed by atoms with Crippen molar-refractivity contribution in [3.05, 3.63) is 85.5 Å². The molecule has 3 aromatic rings. The molecule has 3 nitrogen and oxygen atoms in total. The zero-order valence-corrected chi connectivity index (χ0v) is 18.9. The molecule has 3 aromatic carbocycles. The van der Waals surface area contributed by atoms with Crippen LogP contribution in [0.3, 0.4) is 0 Å². The Morgan fingerprint density at radius 2 is 1.79 bits per heavy atom. The van der Waals surface area contributed by atoms with Gasteiger partial charge in [0.15, 0.2) is 11.5 Å². The van der Waals surface area contributed by atoms with Crippen molar-refractivity contribution in [1.29, 1.82) is 0 Å². The number of benzene rings is 3. The van der Waals surface area contributed by atoms with Gasteiger partial charge in [0.25, 0.3) is 0 Å². The first-order valence-electron chi connectivity index (χ1n) is 8.39. The minimum Gasteiger partial charge on any atom is -0.493 e. The molecule has 0 saturated heterocycles. The number of hydrogen-bond donors (Lipinski definition) is 1. The van der Waals surface area contributed by atoms with Crippen molar-refractivity contribution < 1.29 is 13.9 Å². The van der Waals surface area contributed by atoms with E-state index in [1.165, 1.54) is 6.07 Å². The summed E-state index contributed by atoms with van der Waals surface area (Å²) in [6, 6.07) is 16.2. The first-order chi connectivity index (χ1) is 13.5. The molecule has 3 rings (SSSR count). The zero-order valence-electron chi connectivity index (χ0n) is 14.9. The van der Waals surface area contributed by atoms with Crippen LogP contribution in [-0.2, 0) is 13.2 Å². The summed E-state index contributed by atoms with van der Waals surface area (Å²) in [6.07, 6.45) is 0. The van der Waals surface area contributed by atoms with Gasteiger partial charge < -0.3 is 14.8 Å². The Balaban J connectivity index is 1.74. The third-order valence-electron chi connectivity index (χ3n) is 4.09. The van der Waals surface area contributed by atoms with E-state index >= 15 is 0 Å². The zero-order chi connectivity index (χ0) is 20.1. The fourth-order valence-corrected chi connectivity index (χ4v) is 3.51. The average Bonchev–Trinajstić information content (AvgIpc) is 2.68. The highest BCUT2D eigenvalue weighted by molar-refractivity contribution is 9.10. The van der Waals surface area contributed by atoms with E-state index in [0.717, 1.165) is 20.2 Å². The van der Waals surface area contributed by atoms with Crippen LogP contribution in [0.15, 0.2) is 63.5 Å². The Bertz CT molecular complexity index is 947. The third-order valence-corrected chi connectivity index (χ3v) is 5.71. The Labute approximate surface area is 185 Å². The molecule has 0 aromatic heterocycles. The summed E-state index contributed by atoms with van der Waals surface area (Å²) in [7, 11) is 1.57. The van der Waals surface area contributed by atoms with Crippen molar-refractivity contribution in [2.45, 2.75) is 13.2 Å². The van der Waals surface area contributed by atoms with E-state index in [1.54, 1.807) is 19.2 Å². The van der Waals surface area contributed by atoms with E-state index in [1.807, 2.05) is 36.4 Å². The summed E-state index contributed by atoms with van der Waals surface area (Å²) in [4.78, 5) is 0. The van der Waals surface area contributed by atoms with Gasteiger partial charge in [-0.2, -0.15) is 0 Å². The summed E-state index contributed by atoms with van der Waals surface area (Å²) in [5, 5.41) is 3.69. The van der Waals surface area contributed by atoms with Crippen LogP contribution >= 0.6 is 43.5 Å². The van der Waals surface area contributed by atoms with E-state index in [9.17, 15) is 4.39 Å². The number of ether oxygens (including phenoxy) is 2. The quantitative estimate of drug-likeness (QED) is 0.351. The van der Waals surface area contributed by atoms with Gasteiger partial charge in [-0.25, -0.2) is 4.39 Å². The monoisotopic (exact) mass is 527 g/mol. The van der Waals surface area contributed by atoms with Gasteiger partial charge in [0.1, 0.15) is 12.4 Å². The summed E-state index contributed by atoms with van der Waals surface area (Å²) in [5.41, 5.74) is 2.31. The Hall–Kier alpha value is -1.76. The van der Waals surface area contributed by atoms with Gasteiger partial charge in [-0.1, -0.05) is 49.5 Å². The molecule has 0 aliphatic carbocycles. The predicted octanol–water partition coefficient (Wildman–Crippen LogP) is 7.20. The van der Waals surface area contributed by atoms with Gasteiger partial charge in [0, 0.05) is 26.7 Å². The molecule has 0 heterocycles. The highest BCUT2D eigenvalue weighted by atomic mass is 79.9. The maximum atomic E-state index is 13.9. The van der Waals surface area contributed by atoms with Crippen LogP contribution < -0.4 is 14.8 Å². The topological polar surface area (TPSA) is 30.5 Å². The van der Waals surface area contributed by atoms with Crippen molar-refractivity contribution in [3.8, 4) is 11.5 Å². The van der Waals surface area contributed by atoms with Crippen LogP contribution in [0.4, 0.5) is 10.1 Å². The molecule has 0 radical (unpaired) electrons. The van der Waals surface area contributed by atoms with Crippen LogP contribution in [0.1, 0.15) is 11.1 Å². The van der Waals surface area contributed by atoms with Crippen LogP contribution in [0.25, 0.3) is 0 Å². The molecule has 0 atom stereocenters. The molecule has 1 N–H and O–H groups in total. The molecular weight excluding hydrogens is 512 g/mol. The molecule has 0 bridgehead atoms. The first kappa shape index (κ1) is 21.0. The van der Waals surface area contributed by atoms with Crippen LogP contribution in [-0.4, -0.2) is 7.11 Å². The van der Waals surface area contributed by atoms with Gasteiger partial charge in [0.05, 0.1) is 12.1 Å². The minimum atomic E-state index is -0.402. The third kappa shape index (κ3) is 5.19. The molecule has 0 spiro atoms. The number of halogens is 4. The molecule has 0 unspecified atom stereocenters. The highest BCUT2D eigenvalue weighted by Gasteiger charge is 2.13. The standard InChI is InChI=1S/C21H17Br2ClFNO2/c1-27-20-9-13(11-26-15-7-5-14(22)6-8-15)17(23)10-21(20)28-12-16-18(24)3-2-4-19(16)25/h2-10,26H,11-12H2,1H3. The molecule has 0 aliphatic rings. The molecule has 0 saturated carbocycles. The highest BCUT2D eigenvalue weighted by Crippen LogP contribution is 2.35. The van der Waals surface area contributed by atoms with Crippen molar-refractivity contribution in [3.63, 3.8) is 0 Å². The predicted molar refractivity (Wildman–Crippen MR) is 118 cm³/mol. The fraction of sp³-hybridized carbons (Fsp3) is 0.143. The van der Waals surface area contributed by atoms with E-state index in [0.29, 0.717) is 28.6 Å². The second kappa shape index (κ2) is 9.63.